The van der Waals surface area contributed by atoms with Crippen LogP contribution in [0.1, 0.15) is 46.5 Å². The highest BCUT2D eigenvalue weighted by Crippen LogP contribution is 2.35. The Kier molecular flexibility index (Phi) is 3.74. The van der Waals surface area contributed by atoms with E-state index in [0.717, 1.165) is 0 Å². The van der Waals surface area contributed by atoms with Crippen molar-refractivity contribution in [1.29, 1.82) is 0 Å². The number of rotatable bonds is 3. The molecular formula is C11H23NO. The SMILES string of the molecule is C[C@@H](CO)NC1CCCC(C)(C)C1. The van der Waals surface area contributed by atoms with Gasteiger partial charge in [-0.2, -0.15) is 0 Å². The van der Waals surface area contributed by atoms with E-state index in [9.17, 15) is 0 Å². The van der Waals surface area contributed by atoms with Crippen LogP contribution in [0.3, 0.4) is 0 Å². The summed E-state index contributed by atoms with van der Waals surface area (Å²) in [4.78, 5) is 0. The van der Waals surface area contributed by atoms with Crippen LogP contribution in [0.4, 0.5) is 0 Å². The average Bonchev–Trinajstić information content (AvgIpc) is 2.02. The maximum atomic E-state index is 8.93. The molecule has 0 aromatic carbocycles. The minimum absolute atomic E-state index is 0.247. The first kappa shape index (κ1) is 11.0. The van der Waals surface area contributed by atoms with Gasteiger partial charge in [-0.05, 0) is 31.6 Å². The summed E-state index contributed by atoms with van der Waals surface area (Å²) in [7, 11) is 0. The Balaban J connectivity index is 2.34. The van der Waals surface area contributed by atoms with Gasteiger partial charge in [0.1, 0.15) is 0 Å². The zero-order valence-electron chi connectivity index (χ0n) is 9.14. The van der Waals surface area contributed by atoms with Crippen molar-refractivity contribution in [2.75, 3.05) is 6.61 Å². The van der Waals surface area contributed by atoms with E-state index in [1.54, 1.807) is 0 Å². The van der Waals surface area contributed by atoms with Crippen LogP contribution in [0.25, 0.3) is 0 Å². The summed E-state index contributed by atoms with van der Waals surface area (Å²) in [5.74, 6) is 0. The number of hydrogen-bond donors (Lipinski definition) is 2. The second-order valence-electron chi connectivity index (χ2n) is 5.21. The quantitative estimate of drug-likeness (QED) is 0.704. The molecule has 13 heavy (non-hydrogen) atoms. The van der Waals surface area contributed by atoms with Crippen LogP contribution >= 0.6 is 0 Å². The molecule has 0 radical (unpaired) electrons. The van der Waals surface area contributed by atoms with Crippen molar-refractivity contribution >= 4 is 0 Å². The molecule has 1 unspecified atom stereocenters. The maximum absolute atomic E-state index is 8.93. The van der Waals surface area contributed by atoms with Crippen molar-refractivity contribution in [1.82, 2.24) is 5.32 Å². The minimum atomic E-state index is 0.247. The lowest BCUT2D eigenvalue weighted by atomic mass is 9.75. The Labute approximate surface area is 81.7 Å². The zero-order chi connectivity index (χ0) is 9.90. The molecule has 0 aromatic rings. The largest absolute Gasteiger partial charge is 0.395 e. The first-order valence-electron chi connectivity index (χ1n) is 5.40. The zero-order valence-corrected chi connectivity index (χ0v) is 9.14. The van der Waals surface area contributed by atoms with Crippen LogP contribution in [-0.2, 0) is 0 Å². The lowest BCUT2D eigenvalue weighted by Crippen LogP contribution is -2.43. The molecule has 0 heterocycles. The fourth-order valence-corrected chi connectivity index (χ4v) is 2.30. The van der Waals surface area contributed by atoms with Crippen LogP contribution < -0.4 is 5.32 Å². The molecule has 1 saturated carbocycles. The molecule has 1 fully saturated rings. The summed E-state index contributed by atoms with van der Waals surface area (Å²) in [6, 6.07) is 0.866. The molecule has 1 rings (SSSR count). The standard InChI is InChI=1S/C11H23NO/c1-9(8-13)12-10-5-4-6-11(2,3)7-10/h9-10,12-13H,4-8H2,1-3H3/t9-,10?/m0/s1. The van der Waals surface area contributed by atoms with Gasteiger partial charge >= 0.3 is 0 Å². The van der Waals surface area contributed by atoms with Crippen LogP contribution in [0.5, 0.6) is 0 Å². The molecule has 1 aliphatic rings. The van der Waals surface area contributed by atoms with Gasteiger partial charge in [-0.1, -0.05) is 20.3 Å². The minimum Gasteiger partial charge on any atom is -0.395 e. The molecule has 0 amide bonds. The Bertz CT molecular complexity index is 156. The molecule has 2 nitrogen and oxygen atoms in total. The molecule has 0 bridgehead atoms. The summed E-state index contributed by atoms with van der Waals surface area (Å²) in [5, 5.41) is 12.4. The van der Waals surface area contributed by atoms with Crippen molar-refractivity contribution in [3.05, 3.63) is 0 Å². The van der Waals surface area contributed by atoms with E-state index >= 15 is 0 Å². The predicted octanol–water partition coefficient (Wildman–Crippen LogP) is 1.93. The summed E-state index contributed by atoms with van der Waals surface area (Å²) in [6.45, 7) is 6.97. The van der Waals surface area contributed by atoms with E-state index in [0.29, 0.717) is 11.5 Å². The van der Waals surface area contributed by atoms with Crippen LogP contribution in [0.15, 0.2) is 0 Å². The summed E-state index contributed by atoms with van der Waals surface area (Å²) in [5.41, 5.74) is 0.491. The third kappa shape index (κ3) is 3.65. The van der Waals surface area contributed by atoms with E-state index in [4.69, 9.17) is 5.11 Å². The van der Waals surface area contributed by atoms with Crippen LogP contribution in [0.2, 0.25) is 0 Å². The Morgan fingerprint density at radius 2 is 2.23 bits per heavy atom. The predicted molar refractivity (Wildman–Crippen MR) is 55.7 cm³/mol. The highest BCUT2D eigenvalue weighted by molar-refractivity contribution is 4.84. The molecule has 78 valence electrons. The topological polar surface area (TPSA) is 32.3 Å². The van der Waals surface area contributed by atoms with Crippen molar-refractivity contribution in [2.45, 2.75) is 58.5 Å². The van der Waals surface area contributed by atoms with Gasteiger partial charge in [0, 0.05) is 12.1 Å². The van der Waals surface area contributed by atoms with Crippen LogP contribution in [-0.4, -0.2) is 23.8 Å². The van der Waals surface area contributed by atoms with Crippen molar-refractivity contribution in [3.63, 3.8) is 0 Å². The third-order valence-corrected chi connectivity index (χ3v) is 3.00. The van der Waals surface area contributed by atoms with Gasteiger partial charge in [0.15, 0.2) is 0 Å². The van der Waals surface area contributed by atoms with Gasteiger partial charge in [-0.15, -0.1) is 0 Å². The van der Waals surface area contributed by atoms with Gasteiger partial charge in [-0.3, -0.25) is 0 Å². The smallest absolute Gasteiger partial charge is 0.0582 e. The number of nitrogens with one attached hydrogen (secondary N) is 1. The second kappa shape index (κ2) is 4.43. The number of aliphatic hydroxyl groups excluding tert-OH is 1. The molecular weight excluding hydrogens is 162 g/mol. The highest BCUT2D eigenvalue weighted by Gasteiger charge is 2.28. The van der Waals surface area contributed by atoms with Gasteiger partial charge in [0.2, 0.25) is 0 Å². The Morgan fingerprint density at radius 3 is 2.77 bits per heavy atom. The molecule has 0 saturated heterocycles. The lowest BCUT2D eigenvalue weighted by molar-refractivity contribution is 0.171. The summed E-state index contributed by atoms with van der Waals surface area (Å²) >= 11 is 0. The van der Waals surface area contributed by atoms with E-state index in [2.05, 4.69) is 19.2 Å². The molecule has 1 aliphatic carbocycles. The number of hydrogen-bond acceptors (Lipinski definition) is 2. The third-order valence-electron chi connectivity index (χ3n) is 3.00. The van der Waals surface area contributed by atoms with E-state index < -0.39 is 0 Å². The molecule has 2 heteroatoms. The normalized spacial score (nSPS) is 30.0. The molecule has 0 spiro atoms. The first-order chi connectivity index (χ1) is 6.03. The van der Waals surface area contributed by atoms with Crippen molar-refractivity contribution < 1.29 is 5.11 Å². The van der Waals surface area contributed by atoms with Crippen LogP contribution in [0, 0.1) is 5.41 Å². The Morgan fingerprint density at radius 1 is 1.54 bits per heavy atom. The fourth-order valence-electron chi connectivity index (χ4n) is 2.30. The Hall–Kier alpha value is -0.0800. The monoisotopic (exact) mass is 185 g/mol. The second-order valence-corrected chi connectivity index (χ2v) is 5.21. The maximum Gasteiger partial charge on any atom is 0.0582 e. The lowest BCUT2D eigenvalue weighted by Gasteiger charge is -2.36. The van der Waals surface area contributed by atoms with E-state index in [1.807, 2.05) is 6.92 Å². The first-order valence-corrected chi connectivity index (χ1v) is 5.40. The highest BCUT2D eigenvalue weighted by atomic mass is 16.3. The summed E-state index contributed by atoms with van der Waals surface area (Å²) in [6.07, 6.45) is 5.19. The van der Waals surface area contributed by atoms with E-state index in [1.165, 1.54) is 25.7 Å². The van der Waals surface area contributed by atoms with Crippen molar-refractivity contribution in [3.8, 4) is 0 Å². The average molecular weight is 185 g/mol. The molecule has 2 atom stereocenters. The van der Waals surface area contributed by atoms with Gasteiger partial charge in [0.05, 0.1) is 6.61 Å². The van der Waals surface area contributed by atoms with Crippen molar-refractivity contribution in [2.24, 2.45) is 5.41 Å². The van der Waals surface area contributed by atoms with Gasteiger partial charge in [0.25, 0.3) is 0 Å². The molecule has 0 aromatic heterocycles. The van der Waals surface area contributed by atoms with Gasteiger partial charge < -0.3 is 10.4 Å². The van der Waals surface area contributed by atoms with Gasteiger partial charge in [-0.25, -0.2) is 0 Å². The number of aliphatic hydroxyl groups is 1. The summed E-state index contributed by atoms with van der Waals surface area (Å²) < 4.78 is 0. The fraction of sp³-hybridized carbons (Fsp3) is 1.00. The molecule has 2 N–H and O–H groups in total. The molecule has 0 aliphatic heterocycles. The van der Waals surface area contributed by atoms with E-state index in [-0.39, 0.29) is 12.6 Å².